The fourth-order valence-electron chi connectivity index (χ4n) is 2.95. The molecule has 1 saturated heterocycles. The SMILES string of the molecule is COC1CCN(C)C2CCCC12. The lowest BCUT2D eigenvalue weighted by Crippen LogP contribution is -2.47. The monoisotopic (exact) mass is 169 g/mol. The van der Waals surface area contributed by atoms with E-state index in [1.807, 2.05) is 7.11 Å². The highest BCUT2D eigenvalue weighted by Gasteiger charge is 2.39. The van der Waals surface area contributed by atoms with Crippen LogP contribution in [0.5, 0.6) is 0 Å². The maximum Gasteiger partial charge on any atom is 0.0626 e. The first-order valence-corrected chi connectivity index (χ1v) is 5.06. The molecule has 2 nitrogen and oxygen atoms in total. The largest absolute Gasteiger partial charge is 0.381 e. The van der Waals surface area contributed by atoms with Gasteiger partial charge in [-0.2, -0.15) is 0 Å². The summed E-state index contributed by atoms with van der Waals surface area (Å²) >= 11 is 0. The number of hydrogen-bond donors (Lipinski definition) is 0. The number of piperidine rings is 1. The average Bonchev–Trinajstić information content (AvgIpc) is 2.54. The summed E-state index contributed by atoms with van der Waals surface area (Å²) < 4.78 is 5.53. The maximum atomic E-state index is 5.53. The molecule has 3 atom stereocenters. The van der Waals surface area contributed by atoms with Gasteiger partial charge in [0.1, 0.15) is 0 Å². The Bertz CT molecular complexity index is 160. The van der Waals surface area contributed by atoms with Crippen LogP contribution in [0, 0.1) is 5.92 Å². The molecular formula is C10H19NO. The molecule has 2 rings (SSSR count). The highest BCUT2D eigenvalue weighted by atomic mass is 16.5. The van der Waals surface area contributed by atoms with Crippen LogP contribution in [0.2, 0.25) is 0 Å². The molecule has 0 aromatic heterocycles. The number of likely N-dealkylation sites (tertiary alicyclic amines) is 1. The summed E-state index contributed by atoms with van der Waals surface area (Å²) in [4.78, 5) is 2.52. The number of rotatable bonds is 1. The van der Waals surface area contributed by atoms with Crippen LogP contribution in [-0.2, 0) is 4.74 Å². The minimum absolute atomic E-state index is 0.550. The lowest BCUT2D eigenvalue weighted by Gasteiger charge is -2.39. The Morgan fingerprint density at radius 3 is 2.83 bits per heavy atom. The Morgan fingerprint density at radius 2 is 2.08 bits per heavy atom. The second-order valence-electron chi connectivity index (χ2n) is 4.21. The van der Waals surface area contributed by atoms with E-state index in [4.69, 9.17) is 4.74 Å². The molecule has 12 heavy (non-hydrogen) atoms. The van der Waals surface area contributed by atoms with Crippen molar-refractivity contribution < 1.29 is 4.74 Å². The first kappa shape index (κ1) is 8.52. The van der Waals surface area contributed by atoms with Crippen molar-refractivity contribution in [3.63, 3.8) is 0 Å². The van der Waals surface area contributed by atoms with Crippen molar-refractivity contribution in [1.82, 2.24) is 4.90 Å². The van der Waals surface area contributed by atoms with Crippen LogP contribution in [0.1, 0.15) is 25.7 Å². The molecule has 2 fully saturated rings. The van der Waals surface area contributed by atoms with Crippen LogP contribution in [0.25, 0.3) is 0 Å². The second kappa shape index (κ2) is 3.35. The van der Waals surface area contributed by atoms with E-state index < -0.39 is 0 Å². The van der Waals surface area contributed by atoms with Gasteiger partial charge in [-0.3, -0.25) is 0 Å². The van der Waals surface area contributed by atoms with Gasteiger partial charge in [0.2, 0.25) is 0 Å². The molecule has 0 bridgehead atoms. The zero-order chi connectivity index (χ0) is 8.55. The second-order valence-corrected chi connectivity index (χ2v) is 4.21. The summed E-state index contributed by atoms with van der Waals surface area (Å²) in [5.41, 5.74) is 0. The lowest BCUT2D eigenvalue weighted by atomic mass is 9.89. The molecule has 0 aromatic rings. The summed E-state index contributed by atoms with van der Waals surface area (Å²) in [5, 5.41) is 0. The van der Waals surface area contributed by atoms with Gasteiger partial charge in [-0.1, -0.05) is 6.42 Å². The summed E-state index contributed by atoms with van der Waals surface area (Å²) in [7, 11) is 4.13. The third-order valence-electron chi connectivity index (χ3n) is 3.64. The van der Waals surface area contributed by atoms with E-state index in [1.165, 1.54) is 32.2 Å². The maximum absolute atomic E-state index is 5.53. The predicted octanol–water partition coefficient (Wildman–Crippen LogP) is 1.51. The summed E-state index contributed by atoms with van der Waals surface area (Å²) in [6.45, 7) is 1.22. The molecule has 2 aliphatic rings. The van der Waals surface area contributed by atoms with Gasteiger partial charge in [-0.25, -0.2) is 0 Å². The zero-order valence-corrected chi connectivity index (χ0v) is 8.12. The highest BCUT2D eigenvalue weighted by Crippen LogP contribution is 2.37. The van der Waals surface area contributed by atoms with Crippen LogP contribution in [0.3, 0.4) is 0 Å². The van der Waals surface area contributed by atoms with Crippen LogP contribution in [0.15, 0.2) is 0 Å². The normalized spacial score (nSPS) is 43.0. The Labute approximate surface area is 74.9 Å². The standard InChI is InChI=1S/C10H19NO/c1-11-7-6-10(12-2)8-4-3-5-9(8)11/h8-10H,3-7H2,1-2H3. The molecule has 70 valence electrons. The van der Waals surface area contributed by atoms with E-state index in [1.54, 1.807) is 0 Å². The molecule has 0 spiro atoms. The van der Waals surface area contributed by atoms with E-state index in [0.717, 1.165) is 12.0 Å². The number of fused-ring (bicyclic) bond motifs is 1. The van der Waals surface area contributed by atoms with Crippen molar-refractivity contribution in [3.8, 4) is 0 Å². The van der Waals surface area contributed by atoms with Gasteiger partial charge in [0.05, 0.1) is 6.10 Å². The number of ether oxygens (including phenoxy) is 1. The van der Waals surface area contributed by atoms with Gasteiger partial charge in [-0.05, 0) is 26.3 Å². The van der Waals surface area contributed by atoms with E-state index >= 15 is 0 Å². The van der Waals surface area contributed by atoms with E-state index in [2.05, 4.69) is 11.9 Å². The van der Waals surface area contributed by atoms with Crippen molar-refractivity contribution in [2.75, 3.05) is 20.7 Å². The summed E-state index contributed by atoms with van der Waals surface area (Å²) in [6.07, 6.45) is 5.95. The molecule has 1 saturated carbocycles. The minimum atomic E-state index is 0.550. The number of nitrogens with zero attached hydrogens (tertiary/aromatic N) is 1. The fraction of sp³-hybridized carbons (Fsp3) is 1.00. The zero-order valence-electron chi connectivity index (χ0n) is 8.12. The summed E-state index contributed by atoms with van der Waals surface area (Å²) in [5.74, 6) is 0.828. The van der Waals surface area contributed by atoms with Gasteiger partial charge >= 0.3 is 0 Å². The Balaban J connectivity index is 2.06. The highest BCUT2D eigenvalue weighted by molar-refractivity contribution is 4.92. The molecule has 0 aromatic carbocycles. The molecule has 2 heteroatoms. The van der Waals surface area contributed by atoms with Gasteiger partial charge in [0, 0.05) is 25.6 Å². The van der Waals surface area contributed by atoms with Crippen LogP contribution >= 0.6 is 0 Å². The number of methoxy groups -OCH3 is 1. The fourth-order valence-corrected chi connectivity index (χ4v) is 2.95. The first-order chi connectivity index (χ1) is 5.83. The number of hydrogen-bond acceptors (Lipinski definition) is 2. The van der Waals surface area contributed by atoms with Crippen molar-refractivity contribution in [3.05, 3.63) is 0 Å². The van der Waals surface area contributed by atoms with Crippen molar-refractivity contribution >= 4 is 0 Å². The van der Waals surface area contributed by atoms with Crippen molar-refractivity contribution in [2.45, 2.75) is 37.8 Å². The average molecular weight is 169 g/mol. The van der Waals surface area contributed by atoms with E-state index in [-0.39, 0.29) is 0 Å². The predicted molar refractivity (Wildman–Crippen MR) is 49.2 cm³/mol. The van der Waals surface area contributed by atoms with Gasteiger partial charge in [0.25, 0.3) is 0 Å². The molecule has 0 N–H and O–H groups in total. The van der Waals surface area contributed by atoms with Crippen LogP contribution in [-0.4, -0.2) is 37.7 Å². The van der Waals surface area contributed by atoms with Crippen molar-refractivity contribution in [2.24, 2.45) is 5.92 Å². The van der Waals surface area contributed by atoms with E-state index in [0.29, 0.717) is 6.10 Å². The third kappa shape index (κ3) is 1.27. The summed E-state index contributed by atoms with van der Waals surface area (Å²) in [6, 6.07) is 0.823. The topological polar surface area (TPSA) is 12.5 Å². The van der Waals surface area contributed by atoms with Crippen LogP contribution in [0.4, 0.5) is 0 Å². The third-order valence-corrected chi connectivity index (χ3v) is 3.64. The van der Waals surface area contributed by atoms with Crippen LogP contribution < -0.4 is 0 Å². The first-order valence-electron chi connectivity index (χ1n) is 5.06. The molecule has 0 amide bonds. The van der Waals surface area contributed by atoms with E-state index in [9.17, 15) is 0 Å². The van der Waals surface area contributed by atoms with Gasteiger partial charge in [0.15, 0.2) is 0 Å². The molecule has 1 aliphatic carbocycles. The Hall–Kier alpha value is -0.0800. The minimum Gasteiger partial charge on any atom is -0.381 e. The molecule has 0 radical (unpaired) electrons. The lowest BCUT2D eigenvalue weighted by molar-refractivity contribution is -0.0199. The quantitative estimate of drug-likeness (QED) is 0.590. The molecular weight excluding hydrogens is 150 g/mol. The Morgan fingerprint density at radius 1 is 1.25 bits per heavy atom. The molecule has 3 unspecified atom stereocenters. The molecule has 1 heterocycles. The smallest absolute Gasteiger partial charge is 0.0626 e. The van der Waals surface area contributed by atoms with Gasteiger partial charge in [-0.15, -0.1) is 0 Å². The molecule has 1 aliphatic heterocycles. The Kier molecular flexibility index (Phi) is 2.37. The van der Waals surface area contributed by atoms with Crippen molar-refractivity contribution in [1.29, 1.82) is 0 Å². The van der Waals surface area contributed by atoms with Gasteiger partial charge < -0.3 is 9.64 Å².